The number of nitro groups is 1. The monoisotopic (exact) mass is 534 g/mol. The molecule has 3 aromatic carbocycles. The Hall–Kier alpha value is -4.11. The van der Waals surface area contributed by atoms with Gasteiger partial charge in [0.25, 0.3) is 5.56 Å². The molecule has 0 unspecified atom stereocenters. The summed E-state index contributed by atoms with van der Waals surface area (Å²) >= 11 is 6.20. The minimum atomic E-state index is -0.610. The molecule has 0 radical (unpaired) electrons. The fourth-order valence-corrected chi connectivity index (χ4v) is 4.99. The number of hydrogen-bond donors (Lipinski definition) is 0. The van der Waals surface area contributed by atoms with Crippen molar-refractivity contribution >= 4 is 34.4 Å². The number of benzene rings is 3. The Kier molecular flexibility index (Phi) is 7.46. The van der Waals surface area contributed by atoms with Gasteiger partial charge < -0.3 is 4.74 Å². The molecule has 0 spiro atoms. The lowest BCUT2D eigenvalue weighted by molar-refractivity contribution is -0.385. The first-order chi connectivity index (χ1) is 18.4. The first kappa shape index (κ1) is 25.5. The summed E-state index contributed by atoms with van der Waals surface area (Å²) in [6.45, 7) is -0.119. The van der Waals surface area contributed by atoms with E-state index in [1.807, 2.05) is 6.07 Å². The molecule has 0 N–H and O–H groups in total. The lowest BCUT2D eigenvalue weighted by Gasteiger charge is -2.22. The Labute approximate surface area is 222 Å². The van der Waals surface area contributed by atoms with Crippen LogP contribution in [0.1, 0.15) is 55.0 Å². The van der Waals surface area contributed by atoms with Crippen LogP contribution in [0.25, 0.3) is 10.9 Å². The predicted molar refractivity (Wildman–Crippen MR) is 144 cm³/mol. The van der Waals surface area contributed by atoms with Crippen LogP contribution in [0.5, 0.6) is 5.75 Å². The standard InChI is InChI=1S/C28H24ClFN4O4/c29-21-14-20(26(25(15-21)34(36)37)38-17-18-7-6-10-22(30)13-18)16-31-33-27(19-8-2-1-3-9-19)32-24-12-5-4-11-23(24)28(33)35/h4-7,10-16,19H,1-3,8-9,17H2. The van der Waals surface area contributed by atoms with Crippen LogP contribution in [0.15, 0.2) is 70.6 Å². The first-order valence-electron chi connectivity index (χ1n) is 12.3. The lowest BCUT2D eigenvalue weighted by Crippen LogP contribution is -2.25. The third-order valence-electron chi connectivity index (χ3n) is 6.59. The molecule has 8 nitrogen and oxygen atoms in total. The summed E-state index contributed by atoms with van der Waals surface area (Å²) < 4.78 is 20.7. The van der Waals surface area contributed by atoms with Crippen LogP contribution in [0.2, 0.25) is 5.02 Å². The maximum atomic E-state index is 13.6. The van der Waals surface area contributed by atoms with Crippen molar-refractivity contribution in [1.29, 1.82) is 0 Å². The maximum absolute atomic E-state index is 13.6. The molecule has 1 aliphatic carbocycles. The number of ether oxygens (including phenoxy) is 1. The number of nitrogens with zero attached hydrogens (tertiary/aromatic N) is 4. The molecule has 0 atom stereocenters. The Bertz CT molecular complexity index is 1600. The second kappa shape index (κ2) is 11.1. The average molecular weight is 535 g/mol. The molecule has 194 valence electrons. The van der Waals surface area contributed by atoms with Gasteiger partial charge in [-0.3, -0.25) is 14.9 Å². The number of nitro benzene ring substituents is 1. The minimum Gasteiger partial charge on any atom is -0.481 e. The molecule has 0 saturated heterocycles. The van der Waals surface area contributed by atoms with Crippen molar-refractivity contribution in [3.8, 4) is 5.75 Å². The Morgan fingerprint density at radius 2 is 1.92 bits per heavy atom. The van der Waals surface area contributed by atoms with E-state index in [1.54, 1.807) is 24.3 Å². The molecule has 0 aliphatic heterocycles. The number of aromatic nitrogens is 2. The Morgan fingerprint density at radius 3 is 2.68 bits per heavy atom. The molecule has 4 aromatic rings. The summed E-state index contributed by atoms with van der Waals surface area (Å²) in [4.78, 5) is 29.5. The molecular formula is C28H24ClFN4O4. The highest BCUT2D eigenvalue weighted by atomic mass is 35.5. The van der Waals surface area contributed by atoms with Gasteiger partial charge in [0, 0.05) is 22.6 Å². The van der Waals surface area contributed by atoms with E-state index in [9.17, 15) is 19.3 Å². The lowest BCUT2D eigenvalue weighted by atomic mass is 9.88. The third-order valence-corrected chi connectivity index (χ3v) is 6.81. The molecule has 1 saturated carbocycles. The van der Waals surface area contributed by atoms with Gasteiger partial charge in [0.1, 0.15) is 18.2 Å². The number of fused-ring (bicyclic) bond motifs is 1. The van der Waals surface area contributed by atoms with E-state index < -0.39 is 10.7 Å². The molecule has 0 bridgehead atoms. The van der Waals surface area contributed by atoms with E-state index in [0.717, 1.165) is 32.1 Å². The van der Waals surface area contributed by atoms with Crippen LogP contribution >= 0.6 is 11.6 Å². The van der Waals surface area contributed by atoms with Crippen molar-refractivity contribution in [3.63, 3.8) is 0 Å². The van der Waals surface area contributed by atoms with Crippen molar-refractivity contribution < 1.29 is 14.1 Å². The van der Waals surface area contributed by atoms with Crippen LogP contribution in [0, 0.1) is 15.9 Å². The van der Waals surface area contributed by atoms with Gasteiger partial charge in [-0.05, 0) is 48.7 Å². The van der Waals surface area contributed by atoms with Gasteiger partial charge >= 0.3 is 5.69 Å². The zero-order chi connectivity index (χ0) is 26.6. The molecule has 0 amide bonds. The highest BCUT2D eigenvalue weighted by molar-refractivity contribution is 6.31. The van der Waals surface area contributed by atoms with Crippen molar-refractivity contribution in [2.75, 3.05) is 0 Å². The number of hydrogen-bond acceptors (Lipinski definition) is 6. The normalized spacial score (nSPS) is 14.3. The summed E-state index contributed by atoms with van der Waals surface area (Å²) in [5, 5.41) is 16.8. The van der Waals surface area contributed by atoms with Gasteiger partial charge in [0.15, 0.2) is 0 Å². The minimum absolute atomic E-state index is 0.0654. The van der Waals surface area contributed by atoms with Crippen LogP contribution in [-0.4, -0.2) is 20.8 Å². The first-order valence-corrected chi connectivity index (χ1v) is 12.7. The van der Waals surface area contributed by atoms with Crippen LogP contribution in [0.4, 0.5) is 10.1 Å². The van der Waals surface area contributed by atoms with Gasteiger partial charge in [-0.15, -0.1) is 0 Å². The van der Waals surface area contributed by atoms with E-state index in [1.165, 1.54) is 41.2 Å². The molecule has 1 aromatic heterocycles. The quantitative estimate of drug-likeness (QED) is 0.151. The summed E-state index contributed by atoms with van der Waals surface area (Å²) in [7, 11) is 0. The topological polar surface area (TPSA) is 99.6 Å². The zero-order valence-electron chi connectivity index (χ0n) is 20.3. The van der Waals surface area contributed by atoms with Gasteiger partial charge in [-0.1, -0.05) is 55.1 Å². The SMILES string of the molecule is O=c1c2ccccc2nc(C2CCCCC2)n1N=Cc1cc(Cl)cc([N+](=O)[O-])c1OCc1cccc(F)c1. The Morgan fingerprint density at radius 1 is 1.13 bits per heavy atom. The molecule has 1 heterocycles. The molecule has 38 heavy (non-hydrogen) atoms. The molecular weight excluding hydrogens is 511 g/mol. The zero-order valence-corrected chi connectivity index (χ0v) is 21.1. The second-order valence-corrected chi connectivity index (χ2v) is 9.64. The van der Waals surface area contributed by atoms with Gasteiger partial charge in [-0.2, -0.15) is 9.78 Å². The molecule has 10 heteroatoms. The predicted octanol–water partition coefficient (Wildman–Crippen LogP) is 6.61. The van der Waals surface area contributed by atoms with Crippen LogP contribution in [0.3, 0.4) is 0 Å². The van der Waals surface area contributed by atoms with Crippen LogP contribution in [-0.2, 0) is 6.61 Å². The Balaban J connectivity index is 1.60. The van der Waals surface area contributed by atoms with E-state index in [4.69, 9.17) is 21.3 Å². The fraction of sp³-hybridized carbons (Fsp3) is 0.250. The second-order valence-electron chi connectivity index (χ2n) is 9.20. The smallest absolute Gasteiger partial charge is 0.313 e. The fourth-order valence-electron chi connectivity index (χ4n) is 4.77. The summed E-state index contributed by atoms with van der Waals surface area (Å²) in [6, 6.07) is 15.5. The van der Waals surface area contributed by atoms with Crippen molar-refractivity contribution in [2.45, 2.75) is 44.6 Å². The van der Waals surface area contributed by atoms with Gasteiger partial charge in [-0.25, -0.2) is 9.37 Å². The van der Waals surface area contributed by atoms with Gasteiger partial charge in [0.2, 0.25) is 5.75 Å². The van der Waals surface area contributed by atoms with E-state index >= 15 is 0 Å². The van der Waals surface area contributed by atoms with Crippen molar-refractivity contribution in [2.24, 2.45) is 5.10 Å². The van der Waals surface area contributed by atoms with E-state index in [-0.39, 0.29) is 40.1 Å². The summed E-state index contributed by atoms with van der Waals surface area (Å²) in [6.07, 6.45) is 6.32. The third kappa shape index (κ3) is 5.43. The highest BCUT2D eigenvalue weighted by Gasteiger charge is 2.24. The van der Waals surface area contributed by atoms with Crippen LogP contribution < -0.4 is 10.3 Å². The largest absolute Gasteiger partial charge is 0.481 e. The molecule has 1 aliphatic rings. The van der Waals surface area contributed by atoms with Crippen molar-refractivity contribution in [1.82, 2.24) is 9.66 Å². The maximum Gasteiger partial charge on any atom is 0.313 e. The van der Waals surface area contributed by atoms with E-state index in [0.29, 0.717) is 22.3 Å². The van der Waals surface area contributed by atoms with Crippen molar-refractivity contribution in [3.05, 3.63) is 109 Å². The average Bonchev–Trinajstić information content (AvgIpc) is 2.92. The molecule has 5 rings (SSSR count). The highest BCUT2D eigenvalue weighted by Crippen LogP contribution is 2.35. The summed E-state index contributed by atoms with van der Waals surface area (Å²) in [5.74, 6) is 0.0874. The number of rotatable bonds is 7. The van der Waals surface area contributed by atoms with E-state index in [2.05, 4.69) is 5.10 Å². The van der Waals surface area contributed by atoms with Gasteiger partial charge in [0.05, 0.1) is 22.0 Å². The summed E-state index contributed by atoms with van der Waals surface area (Å²) in [5.41, 5.74) is 0.599. The number of para-hydroxylation sites is 1. The number of halogens is 2. The molecule has 1 fully saturated rings.